The number of thiophene rings is 1. The van der Waals surface area contributed by atoms with E-state index in [1.54, 1.807) is 13.2 Å². The van der Waals surface area contributed by atoms with Gasteiger partial charge in [-0.2, -0.15) is 0 Å². The first-order chi connectivity index (χ1) is 9.24. The molecule has 7 nitrogen and oxygen atoms in total. The van der Waals surface area contributed by atoms with Gasteiger partial charge in [0, 0.05) is 25.0 Å². The highest BCUT2D eigenvalue weighted by Gasteiger charge is 2.28. The average Bonchev–Trinajstić information content (AvgIpc) is 2.73. The maximum absolute atomic E-state index is 12.0. The van der Waals surface area contributed by atoms with Crippen molar-refractivity contribution in [1.29, 1.82) is 0 Å². The number of methoxy groups -OCH3 is 1. The molecule has 3 N–H and O–H groups in total. The molecule has 21 heavy (non-hydrogen) atoms. The van der Waals surface area contributed by atoms with Gasteiger partial charge in [-0.05, 0) is 25.0 Å². The zero-order valence-electron chi connectivity index (χ0n) is 11.0. The van der Waals surface area contributed by atoms with E-state index in [9.17, 15) is 16.8 Å². The number of halogens is 1. The van der Waals surface area contributed by atoms with Crippen LogP contribution in [0.4, 0.5) is 0 Å². The van der Waals surface area contributed by atoms with Gasteiger partial charge in [0.15, 0.2) is 0 Å². The van der Waals surface area contributed by atoms with Gasteiger partial charge in [0.25, 0.3) is 10.0 Å². The van der Waals surface area contributed by atoms with Gasteiger partial charge in [0.05, 0.1) is 0 Å². The largest absolute Gasteiger partial charge is 0.385 e. The number of primary sulfonamides is 1. The number of nitrogens with two attached hydrogens (primary N) is 1. The predicted octanol–water partition coefficient (Wildman–Crippen LogP) is 0.877. The average molecular weight is 375 g/mol. The van der Waals surface area contributed by atoms with Crippen molar-refractivity contribution in [3.05, 3.63) is 17.3 Å². The second-order valence-electron chi connectivity index (χ2n) is 4.22. The van der Waals surface area contributed by atoms with E-state index in [2.05, 4.69) is 4.72 Å². The Morgan fingerprint density at radius 1 is 1.43 bits per heavy atom. The summed E-state index contributed by atoms with van der Waals surface area (Å²) in [4.78, 5) is 0. The quantitative estimate of drug-likeness (QED) is 0.742. The third kappa shape index (κ3) is 4.18. The Kier molecular flexibility index (Phi) is 5.81. The van der Waals surface area contributed by atoms with Gasteiger partial charge in [-0.25, -0.2) is 22.0 Å². The molecule has 0 saturated heterocycles. The number of hydrogen-bond acceptors (Lipinski definition) is 6. The summed E-state index contributed by atoms with van der Waals surface area (Å²) in [6.07, 6.45) is 2.77. The van der Waals surface area contributed by atoms with Crippen LogP contribution in [0.15, 0.2) is 20.2 Å². The first-order valence-corrected chi connectivity index (χ1v) is 9.47. The fourth-order valence-electron chi connectivity index (χ4n) is 1.78. The Balaban J connectivity index is 0.00000220. The van der Waals surface area contributed by atoms with Crippen LogP contribution in [0.3, 0.4) is 0 Å². The van der Waals surface area contributed by atoms with Crippen LogP contribution in [0, 0.1) is 0 Å². The highest BCUT2D eigenvalue weighted by atomic mass is 35.5. The minimum absolute atomic E-state index is 0. The summed E-state index contributed by atoms with van der Waals surface area (Å²) in [5, 5.41) is 5.02. The lowest BCUT2D eigenvalue weighted by Crippen LogP contribution is -2.25. The predicted molar refractivity (Wildman–Crippen MR) is 82.3 cm³/mol. The van der Waals surface area contributed by atoms with E-state index >= 15 is 0 Å². The molecule has 1 aliphatic rings. The molecular weight excluding hydrogens is 360 g/mol. The molecule has 1 aliphatic heterocycles. The molecule has 11 heteroatoms. The topological polar surface area (TPSA) is 116 Å². The molecule has 0 unspecified atom stereocenters. The Hall–Kier alpha value is -0.650. The van der Waals surface area contributed by atoms with Crippen molar-refractivity contribution < 1.29 is 21.6 Å². The first-order valence-electron chi connectivity index (χ1n) is 5.63. The number of hydrogen-bond donors (Lipinski definition) is 2. The molecule has 0 bridgehead atoms. The summed E-state index contributed by atoms with van der Waals surface area (Å²) in [6.45, 7) is 0.512. The van der Waals surface area contributed by atoms with Crippen LogP contribution in [-0.2, 0) is 24.8 Å². The molecule has 2 rings (SSSR count). The summed E-state index contributed by atoms with van der Waals surface area (Å²) in [5.41, 5.74) is 0.860. The molecule has 0 amide bonds. The Morgan fingerprint density at radius 3 is 2.67 bits per heavy atom. The number of nitrogens with one attached hydrogen (secondary N) is 1. The molecule has 0 radical (unpaired) electrons. The lowest BCUT2D eigenvalue weighted by atomic mass is 10.2. The molecule has 0 spiro atoms. The van der Waals surface area contributed by atoms with Crippen molar-refractivity contribution in [3.8, 4) is 0 Å². The standard InChI is InChI=1S/C10H14N2O5S3.ClH/c1-17-4-2-3-8-5-7-6-9(19(11,13)14)18-10(7)20(15,16)12-8;/h5-6,12H,2-4H2,1H3,(H2,11,13,14);1H. The molecule has 0 aromatic carbocycles. The molecule has 0 saturated carbocycles. The van der Waals surface area contributed by atoms with Crippen LogP contribution in [0.25, 0.3) is 6.08 Å². The third-order valence-corrected chi connectivity index (χ3v) is 7.15. The number of fused-ring (bicyclic) bond motifs is 1. The zero-order chi connectivity index (χ0) is 15.0. The minimum Gasteiger partial charge on any atom is -0.385 e. The van der Waals surface area contributed by atoms with Gasteiger partial charge in [0.2, 0.25) is 10.0 Å². The Labute approximate surface area is 133 Å². The van der Waals surface area contributed by atoms with Crippen molar-refractivity contribution in [2.75, 3.05) is 13.7 Å². The highest BCUT2D eigenvalue weighted by molar-refractivity contribution is 7.94. The molecule has 1 aromatic rings. The molecule has 1 aromatic heterocycles. The number of sulfonamides is 2. The molecule has 0 aliphatic carbocycles. The van der Waals surface area contributed by atoms with Gasteiger partial charge in [0.1, 0.15) is 8.42 Å². The molecule has 0 atom stereocenters. The molecule has 2 heterocycles. The van der Waals surface area contributed by atoms with E-state index in [-0.39, 0.29) is 20.8 Å². The van der Waals surface area contributed by atoms with Gasteiger partial charge >= 0.3 is 0 Å². The summed E-state index contributed by atoms with van der Waals surface area (Å²) in [7, 11) is -6.07. The van der Waals surface area contributed by atoms with Crippen molar-refractivity contribution >= 4 is 49.9 Å². The van der Waals surface area contributed by atoms with E-state index in [4.69, 9.17) is 9.88 Å². The van der Waals surface area contributed by atoms with Crippen LogP contribution in [0.1, 0.15) is 18.4 Å². The molecule has 0 fully saturated rings. The normalized spacial score (nSPS) is 16.4. The maximum Gasteiger partial charge on any atom is 0.271 e. The number of allylic oxidation sites excluding steroid dienone is 1. The van der Waals surface area contributed by atoms with E-state index in [1.807, 2.05) is 0 Å². The maximum atomic E-state index is 12.0. The monoisotopic (exact) mass is 374 g/mol. The lowest BCUT2D eigenvalue weighted by molar-refractivity contribution is 0.195. The van der Waals surface area contributed by atoms with Crippen molar-refractivity contribution in [3.63, 3.8) is 0 Å². The second kappa shape index (κ2) is 6.63. The zero-order valence-corrected chi connectivity index (χ0v) is 14.3. The van der Waals surface area contributed by atoms with Gasteiger partial charge in [-0.3, -0.25) is 4.72 Å². The third-order valence-electron chi connectivity index (χ3n) is 2.62. The minimum atomic E-state index is -3.91. The highest BCUT2D eigenvalue weighted by Crippen LogP contribution is 2.34. The number of ether oxygens (including phenoxy) is 1. The molecular formula is C10H15ClN2O5S3. The van der Waals surface area contributed by atoms with Crippen LogP contribution < -0.4 is 9.86 Å². The van der Waals surface area contributed by atoms with E-state index in [1.165, 1.54) is 6.07 Å². The van der Waals surface area contributed by atoms with Crippen LogP contribution in [0.2, 0.25) is 0 Å². The van der Waals surface area contributed by atoms with Crippen LogP contribution in [-0.4, -0.2) is 30.6 Å². The summed E-state index contributed by atoms with van der Waals surface area (Å²) >= 11 is 0.647. The van der Waals surface area contributed by atoms with Crippen molar-refractivity contribution in [2.45, 2.75) is 21.3 Å². The molecule has 120 valence electrons. The van der Waals surface area contributed by atoms with Gasteiger partial charge < -0.3 is 4.74 Å². The number of rotatable bonds is 5. The van der Waals surface area contributed by atoms with Crippen molar-refractivity contribution in [2.24, 2.45) is 5.14 Å². The smallest absolute Gasteiger partial charge is 0.271 e. The van der Waals surface area contributed by atoms with E-state index < -0.39 is 20.0 Å². The Bertz CT molecular complexity index is 752. The van der Waals surface area contributed by atoms with Crippen LogP contribution >= 0.6 is 23.7 Å². The summed E-state index contributed by atoms with van der Waals surface area (Å²) in [5.74, 6) is 0. The Morgan fingerprint density at radius 2 is 2.10 bits per heavy atom. The first kappa shape index (κ1) is 18.4. The SMILES string of the molecule is COCCCC1=Cc2cc(S(N)(=O)=O)sc2S(=O)(=O)N1.Cl. The van der Waals surface area contributed by atoms with E-state index in [0.29, 0.717) is 42.0 Å². The second-order valence-corrected chi connectivity index (χ2v) is 8.94. The fraction of sp³-hybridized carbons (Fsp3) is 0.400. The fourth-order valence-corrected chi connectivity index (χ4v) is 5.41. The summed E-state index contributed by atoms with van der Waals surface area (Å²) in [6, 6.07) is 1.28. The van der Waals surface area contributed by atoms with Crippen molar-refractivity contribution in [1.82, 2.24) is 4.72 Å². The van der Waals surface area contributed by atoms with Gasteiger partial charge in [-0.15, -0.1) is 23.7 Å². The summed E-state index contributed by atoms with van der Waals surface area (Å²) < 4.78 is 53.8. The van der Waals surface area contributed by atoms with Gasteiger partial charge in [-0.1, -0.05) is 0 Å². The lowest BCUT2D eigenvalue weighted by Gasteiger charge is -2.16. The van der Waals surface area contributed by atoms with E-state index in [0.717, 1.165) is 0 Å². The van der Waals surface area contributed by atoms with Crippen LogP contribution in [0.5, 0.6) is 0 Å².